The molecule has 21 heavy (non-hydrogen) atoms. The summed E-state index contributed by atoms with van der Waals surface area (Å²) in [5.41, 5.74) is 7.23. The molecule has 1 aromatic carbocycles. The van der Waals surface area contributed by atoms with Crippen molar-refractivity contribution in [1.29, 1.82) is 0 Å². The SMILES string of the molecule is COc1cc(Cl)ccc1C(N)Cc1ncnn1CC(C)C. The minimum Gasteiger partial charge on any atom is -0.496 e. The Kier molecular flexibility index (Phi) is 5.20. The zero-order chi connectivity index (χ0) is 15.4. The van der Waals surface area contributed by atoms with E-state index in [4.69, 9.17) is 22.1 Å². The van der Waals surface area contributed by atoms with Crippen LogP contribution in [0.2, 0.25) is 5.02 Å². The first kappa shape index (κ1) is 15.8. The predicted molar refractivity (Wildman–Crippen MR) is 83.5 cm³/mol. The normalized spacial score (nSPS) is 12.7. The van der Waals surface area contributed by atoms with Crippen LogP contribution in [0.5, 0.6) is 5.75 Å². The lowest BCUT2D eigenvalue weighted by molar-refractivity contribution is 0.403. The first-order valence-corrected chi connectivity index (χ1v) is 7.34. The van der Waals surface area contributed by atoms with Gasteiger partial charge in [-0.3, -0.25) is 0 Å². The molecule has 114 valence electrons. The number of methoxy groups -OCH3 is 1. The van der Waals surface area contributed by atoms with Crippen molar-refractivity contribution in [3.05, 3.63) is 40.9 Å². The van der Waals surface area contributed by atoms with Crippen LogP contribution >= 0.6 is 11.6 Å². The molecular weight excluding hydrogens is 288 g/mol. The molecule has 0 radical (unpaired) electrons. The molecule has 5 nitrogen and oxygen atoms in total. The van der Waals surface area contributed by atoms with Gasteiger partial charge in [-0.1, -0.05) is 31.5 Å². The molecule has 6 heteroatoms. The molecule has 2 aromatic rings. The van der Waals surface area contributed by atoms with Gasteiger partial charge in [0.05, 0.1) is 7.11 Å². The highest BCUT2D eigenvalue weighted by Crippen LogP contribution is 2.28. The van der Waals surface area contributed by atoms with E-state index in [-0.39, 0.29) is 6.04 Å². The molecule has 0 aliphatic heterocycles. The molecular formula is C15H21ClN4O. The van der Waals surface area contributed by atoms with E-state index in [9.17, 15) is 0 Å². The maximum absolute atomic E-state index is 6.31. The van der Waals surface area contributed by atoms with Crippen molar-refractivity contribution in [3.63, 3.8) is 0 Å². The average molecular weight is 309 g/mol. The molecule has 0 aliphatic carbocycles. The van der Waals surface area contributed by atoms with Crippen LogP contribution in [0.3, 0.4) is 0 Å². The second-order valence-corrected chi connectivity index (χ2v) is 5.89. The van der Waals surface area contributed by atoms with Gasteiger partial charge in [-0.25, -0.2) is 9.67 Å². The van der Waals surface area contributed by atoms with Crippen molar-refractivity contribution in [2.45, 2.75) is 32.9 Å². The van der Waals surface area contributed by atoms with Gasteiger partial charge in [0.1, 0.15) is 17.9 Å². The van der Waals surface area contributed by atoms with Crippen molar-refractivity contribution in [3.8, 4) is 5.75 Å². The Balaban J connectivity index is 2.18. The maximum atomic E-state index is 6.31. The minimum atomic E-state index is -0.215. The predicted octanol–water partition coefficient (Wildman–Crippen LogP) is 2.84. The van der Waals surface area contributed by atoms with E-state index in [0.717, 1.165) is 17.9 Å². The lowest BCUT2D eigenvalue weighted by Crippen LogP contribution is -2.19. The van der Waals surface area contributed by atoms with Gasteiger partial charge in [-0.2, -0.15) is 5.10 Å². The summed E-state index contributed by atoms with van der Waals surface area (Å²) in [4.78, 5) is 4.31. The van der Waals surface area contributed by atoms with Gasteiger partial charge in [0.15, 0.2) is 0 Å². The number of nitrogens with zero attached hydrogens (tertiary/aromatic N) is 3. The molecule has 0 saturated heterocycles. The number of aromatic nitrogens is 3. The molecule has 0 bridgehead atoms. The molecule has 1 unspecified atom stereocenters. The van der Waals surface area contributed by atoms with Crippen LogP contribution in [0.15, 0.2) is 24.5 Å². The molecule has 1 atom stereocenters. The van der Waals surface area contributed by atoms with Gasteiger partial charge < -0.3 is 10.5 Å². The summed E-state index contributed by atoms with van der Waals surface area (Å²) in [6.07, 6.45) is 2.17. The largest absolute Gasteiger partial charge is 0.496 e. The van der Waals surface area contributed by atoms with E-state index >= 15 is 0 Å². The van der Waals surface area contributed by atoms with Crippen molar-refractivity contribution >= 4 is 11.6 Å². The summed E-state index contributed by atoms with van der Waals surface area (Å²) >= 11 is 5.98. The van der Waals surface area contributed by atoms with E-state index < -0.39 is 0 Å². The van der Waals surface area contributed by atoms with Crippen LogP contribution in [0.25, 0.3) is 0 Å². The highest BCUT2D eigenvalue weighted by atomic mass is 35.5. The fourth-order valence-electron chi connectivity index (χ4n) is 2.24. The highest BCUT2D eigenvalue weighted by Gasteiger charge is 2.16. The molecule has 1 aromatic heterocycles. The third-order valence-corrected chi connectivity index (χ3v) is 3.47. The Morgan fingerprint density at radius 3 is 2.81 bits per heavy atom. The monoisotopic (exact) mass is 308 g/mol. The fraction of sp³-hybridized carbons (Fsp3) is 0.467. The molecule has 0 fully saturated rings. The quantitative estimate of drug-likeness (QED) is 0.891. The number of nitrogens with two attached hydrogens (primary N) is 1. The van der Waals surface area contributed by atoms with Crippen molar-refractivity contribution < 1.29 is 4.74 Å². The topological polar surface area (TPSA) is 66.0 Å². The van der Waals surface area contributed by atoms with Gasteiger partial charge in [-0.05, 0) is 18.1 Å². The van der Waals surface area contributed by atoms with Gasteiger partial charge in [-0.15, -0.1) is 0 Å². The van der Waals surface area contributed by atoms with Crippen LogP contribution in [-0.4, -0.2) is 21.9 Å². The summed E-state index contributed by atoms with van der Waals surface area (Å²) < 4.78 is 7.26. The van der Waals surface area contributed by atoms with Gasteiger partial charge in [0, 0.05) is 29.6 Å². The number of benzene rings is 1. The summed E-state index contributed by atoms with van der Waals surface area (Å²) in [6.45, 7) is 5.13. The number of rotatable bonds is 6. The van der Waals surface area contributed by atoms with Crippen molar-refractivity contribution in [1.82, 2.24) is 14.8 Å². The average Bonchev–Trinajstić information content (AvgIpc) is 2.84. The zero-order valence-electron chi connectivity index (χ0n) is 12.6. The number of hydrogen-bond donors (Lipinski definition) is 1. The van der Waals surface area contributed by atoms with Gasteiger partial charge in [0.2, 0.25) is 0 Å². The van der Waals surface area contributed by atoms with Crippen molar-refractivity contribution in [2.75, 3.05) is 7.11 Å². The summed E-state index contributed by atoms with van der Waals surface area (Å²) in [7, 11) is 1.61. The lowest BCUT2D eigenvalue weighted by Gasteiger charge is -2.16. The van der Waals surface area contributed by atoms with E-state index in [2.05, 4.69) is 23.9 Å². The first-order chi connectivity index (χ1) is 10.0. The number of hydrogen-bond acceptors (Lipinski definition) is 4. The summed E-state index contributed by atoms with van der Waals surface area (Å²) in [5, 5.41) is 4.89. The Hall–Kier alpha value is -1.59. The van der Waals surface area contributed by atoms with Crippen LogP contribution in [0.4, 0.5) is 0 Å². The summed E-state index contributed by atoms with van der Waals surface area (Å²) in [6, 6.07) is 5.27. The molecule has 2 rings (SSSR count). The van der Waals surface area contributed by atoms with E-state index in [0.29, 0.717) is 23.1 Å². The van der Waals surface area contributed by atoms with Crippen LogP contribution in [-0.2, 0) is 13.0 Å². The van der Waals surface area contributed by atoms with Gasteiger partial charge in [0.25, 0.3) is 0 Å². The lowest BCUT2D eigenvalue weighted by atomic mass is 10.0. The molecule has 0 saturated carbocycles. The third-order valence-electron chi connectivity index (χ3n) is 3.23. The standard InChI is InChI=1S/C15H21ClN4O/c1-10(2)8-20-15(18-9-19-20)7-13(17)12-5-4-11(16)6-14(12)21-3/h4-6,9-10,13H,7-8,17H2,1-3H3. The molecule has 0 spiro atoms. The van der Waals surface area contributed by atoms with Crippen LogP contribution < -0.4 is 10.5 Å². The van der Waals surface area contributed by atoms with Crippen LogP contribution in [0, 0.1) is 5.92 Å². The zero-order valence-corrected chi connectivity index (χ0v) is 13.3. The Bertz CT molecular complexity index is 597. The molecule has 1 heterocycles. The second kappa shape index (κ2) is 6.91. The number of ether oxygens (including phenoxy) is 1. The van der Waals surface area contributed by atoms with E-state index in [1.54, 1.807) is 19.5 Å². The van der Waals surface area contributed by atoms with E-state index in [1.165, 1.54) is 0 Å². The van der Waals surface area contributed by atoms with Gasteiger partial charge >= 0.3 is 0 Å². The Morgan fingerprint density at radius 2 is 2.14 bits per heavy atom. The molecule has 0 amide bonds. The second-order valence-electron chi connectivity index (χ2n) is 5.45. The molecule has 0 aliphatic rings. The smallest absolute Gasteiger partial charge is 0.138 e. The minimum absolute atomic E-state index is 0.215. The van der Waals surface area contributed by atoms with Crippen molar-refractivity contribution in [2.24, 2.45) is 11.7 Å². The maximum Gasteiger partial charge on any atom is 0.138 e. The third kappa shape index (κ3) is 3.95. The molecule has 2 N–H and O–H groups in total. The van der Waals surface area contributed by atoms with E-state index in [1.807, 2.05) is 16.8 Å². The fourth-order valence-corrected chi connectivity index (χ4v) is 2.40. The Labute approximate surface area is 130 Å². The summed E-state index contributed by atoms with van der Waals surface area (Å²) in [5.74, 6) is 2.09. The first-order valence-electron chi connectivity index (χ1n) is 6.97. The highest BCUT2D eigenvalue weighted by molar-refractivity contribution is 6.30. The number of halogens is 1. The Morgan fingerprint density at radius 1 is 1.38 bits per heavy atom. The van der Waals surface area contributed by atoms with Crippen LogP contribution in [0.1, 0.15) is 31.3 Å².